The Labute approximate surface area is 191 Å². The average molecular weight is 471 g/mol. The van der Waals surface area contributed by atoms with Gasteiger partial charge in [0.25, 0.3) is 5.56 Å². The second-order valence-corrected chi connectivity index (χ2v) is 10.4. The van der Waals surface area contributed by atoms with Crippen LogP contribution in [-0.4, -0.2) is 41.4 Å². The van der Waals surface area contributed by atoms with E-state index in [2.05, 4.69) is 5.32 Å². The quantitative estimate of drug-likeness (QED) is 0.599. The number of fused-ring (bicyclic) bond motifs is 2. The first-order valence-electron chi connectivity index (χ1n) is 10.6. The molecule has 3 aromatic rings. The molecule has 4 rings (SSSR count). The molecule has 1 N–H and O–H groups in total. The van der Waals surface area contributed by atoms with Crippen LogP contribution >= 0.6 is 0 Å². The molecule has 10 heteroatoms. The van der Waals surface area contributed by atoms with Crippen LogP contribution in [0.25, 0.3) is 10.9 Å². The van der Waals surface area contributed by atoms with Gasteiger partial charge in [0, 0.05) is 21.1 Å². The third-order valence-electron chi connectivity index (χ3n) is 6.22. The molecule has 0 bridgehead atoms. The summed E-state index contributed by atoms with van der Waals surface area (Å²) in [7, 11) is 0.134. The van der Waals surface area contributed by atoms with Gasteiger partial charge in [-0.1, -0.05) is 24.3 Å². The molecular weight excluding hydrogens is 444 g/mol. The number of amides is 1. The fourth-order valence-corrected chi connectivity index (χ4v) is 5.50. The van der Waals surface area contributed by atoms with Crippen LogP contribution in [0.15, 0.2) is 56.9 Å². The van der Waals surface area contributed by atoms with E-state index in [1.54, 1.807) is 0 Å². The van der Waals surface area contributed by atoms with E-state index in [1.807, 2.05) is 24.3 Å². The highest BCUT2D eigenvalue weighted by Crippen LogP contribution is 2.29. The monoisotopic (exact) mass is 470 g/mol. The number of hydrogen-bond acceptors (Lipinski definition) is 5. The minimum atomic E-state index is -4.04. The molecule has 9 nitrogen and oxygen atoms in total. The second-order valence-electron chi connectivity index (χ2n) is 8.36. The summed E-state index contributed by atoms with van der Waals surface area (Å²) in [4.78, 5) is 37.2. The van der Waals surface area contributed by atoms with Crippen molar-refractivity contribution in [3.63, 3.8) is 0 Å². The highest BCUT2D eigenvalue weighted by Gasteiger charge is 2.26. The largest absolute Gasteiger partial charge is 0.348 e. The zero-order chi connectivity index (χ0) is 23.9. The molecule has 0 saturated heterocycles. The van der Waals surface area contributed by atoms with Gasteiger partial charge < -0.3 is 5.32 Å². The van der Waals surface area contributed by atoms with E-state index >= 15 is 0 Å². The number of benzene rings is 2. The standard InChI is InChI=1S/C23H26N4O5S/c1-25(14-21(28)24-19-10-6-8-15-7-4-5-9-17(15)19)33(31,32)16-11-12-20-18(13-16)22(29)27(3)23(30)26(20)2/h4-5,7,9,11-13,19H,6,8,10,14H2,1-3H3,(H,24,28)/t19-/m0/s1. The van der Waals surface area contributed by atoms with Gasteiger partial charge in [0.1, 0.15) is 0 Å². The second kappa shape index (κ2) is 8.60. The van der Waals surface area contributed by atoms with Crippen LogP contribution in [0.4, 0.5) is 0 Å². The summed E-state index contributed by atoms with van der Waals surface area (Å²) < 4.78 is 29.4. The van der Waals surface area contributed by atoms with Crippen molar-refractivity contribution in [3.05, 3.63) is 74.4 Å². The van der Waals surface area contributed by atoms with Crippen LogP contribution in [0.5, 0.6) is 0 Å². The lowest BCUT2D eigenvalue weighted by Crippen LogP contribution is -2.40. The molecule has 1 aliphatic carbocycles. The molecule has 0 aliphatic heterocycles. The van der Waals surface area contributed by atoms with Gasteiger partial charge in [-0.2, -0.15) is 4.31 Å². The number of nitrogens with zero attached hydrogens (tertiary/aromatic N) is 3. The molecule has 0 saturated carbocycles. The SMILES string of the molecule is CN(CC(=O)N[C@H]1CCCc2ccccc21)S(=O)(=O)c1ccc2c(c1)c(=O)n(C)c(=O)n2C. The van der Waals surface area contributed by atoms with Gasteiger partial charge in [0.05, 0.1) is 28.4 Å². The summed E-state index contributed by atoms with van der Waals surface area (Å²) >= 11 is 0. The molecule has 33 heavy (non-hydrogen) atoms. The van der Waals surface area contributed by atoms with E-state index in [0.29, 0.717) is 5.52 Å². The van der Waals surface area contributed by atoms with Crippen LogP contribution in [0.1, 0.15) is 30.0 Å². The van der Waals surface area contributed by atoms with Crippen molar-refractivity contribution >= 4 is 26.8 Å². The molecule has 0 radical (unpaired) electrons. The molecule has 0 fully saturated rings. The number of aryl methyl sites for hydroxylation is 2. The normalized spacial score (nSPS) is 16.1. The van der Waals surface area contributed by atoms with Crippen LogP contribution < -0.4 is 16.6 Å². The molecule has 1 atom stereocenters. The highest BCUT2D eigenvalue weighted by molar-refractivity contribution is 7.89. The van der Waals surface area contributed by atoms with Crippen molar-refractivity contribution in [1.82, 2.24) is 18.8 Å². The number of carbonyl (C=O) groups excluding carboxylic acids is 1. The molecule has 0 unspecified atom stereocenters. The molecule has 1 aliphatic rings. The van der Waals surface area contributed by atoms with Gasteiger partial charge in [0.15, 0.2) is 0 Å². The summed E-state index contributed by atoms with van der Waals surface area (Å²) in [5, 5.41) is 3.06. The summed E-state index contributed by atoms with van der Waals surface area (Å²) in [5.41, 5.74) is 1.52. The predicted octanol–water partition coefficient (Wildman–Crippen LogP) is 1.05. The summed E-state index contributed by atoms with van der Waals surface area (Å²) in [6.07, 6.45) is 2.71. The molecule has 1 amide bonds. The van der Waals surface area contributed by atoms with E-state index in [-0.39, 0.29) is 22.9 Å². The molecule has 174 valence electrons. The fraction of sp³-hybridized carbons (Fsp3) is 0.348. The van der Waals surface area contributed by atoms with Crippen LogP contribution in [-0.2, 0) is 35.3 Å². The predicted molar refractivity (Wildman–Crippen MR) is 125 cm³/mol. The Morgan fingerprint density at radius 2 is 1.85 bits per heavy atom. The lowest BCUT2D eigenvalue weighted by atomic mass is 9.88. The van der Waals surface area contributed by atoms with Gasteiger partial charge in [-0.25, -0.2) is 13.2 Å². The van der Waals surface area contributed by atoms with Crippen LogP contribution in [0, 0.1) is 0 Å². The van der Waals surface area contributed by atoms with Gasteiger partial charge in [-0.05, 0) is 48.6 Å². The molecule has 2 aromatic carbocycles. The first kappa shape index (κ1) is 22.9. The first-order valence-corrected chi connectivity index (χ1v) is 12.1. The summed E-state index contributed by atoms with van der Waals surface area (Å²) in [6.45, 7) is -0.357. The third-order valence-corrected chi connectivity index (χ3v) is 8.02. The Balaban J connectivity index is 1.57. The number of aromatic nitrogens is 2. The zero-order valence-corrected chi connectivity index (χ0v) is 19.6. The number of nitrogens with one attached hydrogen (secondary N) is 1. The minimum Gasteiger partial charge on any atom is -0.348 e. The Morgan fingerprint density at radius 3 is 2.61 bits per heavy atom. The van der Waals surface area contributed by atoms with Gasteiger partial charge in [-0.3, -0.25) is 18.7 Å². The third kappa shape index (κ3) is 4.11. The van der Waals surface area contributed by atoms with Crippen molar-refractivity contribution in [1.29, 1.82) is 0 Å². The maximum Gasteiger partial charge on any atom is 0.330 e. The van der Waals surface area contributed by atoms with Gasteiger partial charge in [-0.15, -0.1) is 0 Å². The topological polar surface area (TPSA) is 110 Å². The Hall–Kier alpha value is -3.24. The van der Waals surface area contributed by atoms with Gasteiger partial charge >= 0.3 is 5.69 Å². The van der Waals surface area contributed by atoms with E-state index < -0.39 is 27.2 Å². The summed E-state index contributed by atoms with van der Waals surface area (Å²) in [6, 6.07) is 11.8. The maximum atomic E-state index is 13.1. The number of likely N-dealkylation sites (N-methyl/N-ethyl adjacent to an activating group) is 1. The average Bonchev–Trinajstić information content (AvgIpc) is 2.81. The van der Waals surface area contributed by atoms with E-state index in [9.17, 15) is 22.8 Å². The van der Waals surface area contributed by atoms with Crippen molar-refractivity contribution < 1.29 is 13.2 Å². The number of hydrogen-bond donors (Lipinski definition) is 1. The number of rotatable bonds is 5. The number of carbonyl (C=O) groups is 1. The number of sulfonamides is 1. The summed E-state index contributed by atoms with van der Waals surface area (Å²) in [5.74, 6) is -0.401. The Morgan fingerprint density at radius 1 is 1.12 bits per heavy atom. The van der Waals surface area contributed by atoms with Crippen molar-refractivity contribution in [2.45, 2.75) is 30.2 Å². The Bertz CT molecular complexity index is 1470. The smallest absolute Gasteiger partial charge is 0.330 e. The molecule has 0 spiro atoms. The maximum absolute atomic E-state index is 13.1. The molecule has 1 heterocycles. The van der Waals surface area contributed by atoms with Crippen LogP contribution in [0.2, 0.25) is 0 Å². The zero-order valence-electron chi connectivity index (χ0n) is 18.7. The molecular formula is C23H26N4O5S. The molecule has 1 aromatic heterocycles. The lowest BCUT2D eigenvalue weighted by molar-refractivity contribution is -0.122. The van der Waals surface area contributed by atoms with E-state index in [1.165, 1.54) is 49.5 Å². The fourth-order valence-electron chi connectivity index (χ4n) is 4.35. The first-order chi connectivity index (χ1) is 15.6. The Kier molecular flexibility index (Phi) is 5.98. The highest BCUT2D eigenvalue weighted by atomic mass is 32.2. The minimum absolute atomic E-state index is 0.109. The van der Waals surface area contributed by atoms with Crippen molar-refractivity contribution in [2.24, 2.45) is 14.1 Å². The van der Waals surface area contributed by atoms with Crippen molar-refractivity contribution in [2.75, 3.05) is 13.6 Å². The van der Waals surface area contributed by atoms with Crippen molar-refractivity contribution in [3.8, 4) is 0 Å². The lowest BCUT2D eigenvalue weighted by Gasteiger charge is -2.27. The van der Waals surface area contributed by atoms with Gasteiger partial charge in [0.2, 0.25) is 15.9 Å². The van der Waals surface area contributed by atoms with E-state index in [4.69, 9.17) is 0 Å². The van der Waals surface area contributed by atoms with Crippen LogP contribution in [0.3, 0.4) is 0 Å². The van der Waals surface area contributed by atoms with E-state index in [0.717, 1.165) is 33.7 Å².